The Morgan fingerprint density at radius 2 is 1.70 bits per heavy atom. The molecule has 1 aliphatic rings. The highest BCUT2D eigenvalue weighted by Gasteiger charge is 2.11. The Hall–Kier alpha value is -1.02. The molecule has 1 heterocycles. The molecule has 0 unspecified atom stereocenters. The van der Waals surface area contributed by atoms with Crippen molar-refractivity contribution in [1.82, 2.24) is 0 Å². The maximum atomic E-state index is 5.85. The lowest BCUT2D eigenvalue weighted by atomic mass is 10.1. The van der Waals surface area contributed by atoms with E-state index in [1.54, 1.807) is 0 Å². The lowest BCUT2D eigenvalue weighted by Crippen LogP contribution is -3.11. The van der Waals surface area contributed by atoms with Gasteiger partial charge in [-0.2, -0.15) is 0 Å². The van der Waals surface area contributed by atoms with Crippen molar-refractivity contribution in [2.75, 3.05) is 26.2 Å². The summed E-state index contributed by atoms with van der Waals surface area (Å²) in [5, 5.41) is 0. The van der Waals surface area contributed by atoms with Crippen molar-refractivity contribution in [3.8, 4) is 5.75 Å². The van der Waals surface area contributed by atoms with Crippen molar-refractivity contribution in [3.05, 3.63) is 29.3 Å². The van der Waals surface area contributed by atoms with Gasteiger partial charge >= 0.3 is 0 Å². The number of hydrogen-bond donors (Lipinski definition) is 1. The zero-order valence-electron chi connectivity index (χ0n) is 13.2. The molecule has 1 saturated heterocycles. The molecule has 1 aromatic carbocycles. The molecule has 0 amide bonds. The number of quaternary nitrogens is 1. The minimum absolute atomic E-state index is 0.857. The molecular formula is C18H30NO+. The highest BCUT2D eigenvalue weighted by Crippen LogP contribution is 2.16. The molecule has 0 atom stereocenters. The predicted octanol–water partition coefficient (Wildman–Crippen LogP) is 2.92. The first-order chi connectivity index (χ1) is 9.75. The van der Waals surface area contributed by atoms with E-state index in [1.165, 1.54) is 69.3 Å². The van der Waals surface area contributed by atoms with Crippen molar-refractivity contribution in [2.45, 2.75) is 52.4 Å². The first-order valence-corrected chi connectivity index (χ1v) is 8.29. The Bertz CT molecular complexity index is 394. The van der Waals surface area contributed by atoms with Gasteiger partial charge in [-0.05, 0) is 75.6 Å². The number of benzene rings is 1. The van der Waals surface area contributed by atoms with Crippen molar-refractivity contribution in [1.29, 1.82) is 0 Å². The third-order valence-corrected chi connectivity index (χ3v) is 4.48. The summed E-state index contributed by atoms with van der Waals surface area (Å²) in [5.74, 6) is 1.02. The van der Waals surface area contributed by atoms with Crippen molar-refractivity contribution >= 4 is 0 Å². The van der Waals surface area contributed by atoms with Gasteiger partial charge < -0.3 is 9.64 Å². The Morgan fingerprint density at radius 1 is 0.950 bits per heavy atom. The van der Waals surface area contributed by atoms with Gasteiger partial charge in [-0.1, -0.05) is 6.07 Å². The summed E-state index contributed by atoms with van der Waals surface area (Å²) in [6.07, 6.45) is 8.21. The number of likely N-dealkylation sites (tertiary alicyclic amines) is 1. The van der Waals surface area contributed by atoms with Gasteiger partial charge in [0.2, 0.25) is 0 Å². The van der Waals surface area contributed by atoms with E-state index in [0.717, 1.165) is 12.4 Å². The number of rotatable bonds is 6. The van der Waals surface area contributed by atoms with E-state index in [-0.39, 0.29) is 0 Å². The van der Waals surface area contributed by atoms with Gasteiger partial charge in [0, 0.05) is 0 Å². The van der Waals surface area contributed by atoms with Crippen LogP contribution in [0.25, 0.3) is 0 Å². The predicted molar refractivity (Wildman–Crippen MR) is 84.7 cm³/mol. The van der Waals surface area contributed by atoms with E-state index in [2.05, 4.69) is 32.0 Å². The Morgan fingerprint density at radius 3 is 2.40 bits per heavy atom. The van der Waals surface area contributed by atoms with E-state index in [9.17, 15) is 0 Å². The van der Waals surface area contributed by atoms with Gasteiger partial charge in [-0.15, -0.1) is 0 Å². The molecule has 1 aliphatic heterocycles. The van der Waals surface area contributed by atoms with E-state index < -0.39 is 0 Å². The summed E-state index contributed by atoms with van der Waals surface area (Å²) in [5.41, 5.74) is 2.65. The molecule has 1 aromatic rings. The summed E-state index contributed by atoms with van der Waals surface area (Å²) in [7, 11) is 0. The highest BCUT2D eigenvalue weighted by atomic mass is 16.5. The Labute approximate surface area is 124 Å². The lowest BCUT2D eigenvalue weighted by molar-refractivity contribution is -0.899. The van der Waals surface area contributed by atoms with Gasteiger partial charge in [0.15, 0.2) is 0 Å². The maximum absolute atomic E-state index is 5.85. The third-order valence-electron chi connectivity index (χ3n) is 4.48. The first-order valence-electron chi connectivity index (χ1n) is 8.29. The maximum Gasteiger partial charge on any atom is 0.119 e. The summed E-state index contributed by atoms with van der Waals surface area (Å²) in [6.45, 7) is 9.25. The minimum Gasteiger partial charge on any atom is -0.494 e. The zero-order chi connectivity index (χ0) is 14.2. The van der Waals surface area contributed by atoms with Crippen LogP contribution in [0.3, 0.4) is 0 Å². The fourth-order valence-electron chi connectivity index (χ4n) is 2.95. The Balaban J connectivity index is 1.60. The summed E-state index contributed by atoms with van der Waals surface area (Å²) < 4.78 is 5.85. The summed E-state index contributed by atoms with van der Waals surface area (Å²) >= 11 is 0. The van der Waals surface area contributed by atoms with Crippen molar-refractivity contribution < 1.29 is 9.64 Å². The van der Waals surface area contributed by atoms with E-state index in [1.807, 2.05) is 4.90 Å². The monoisotopic (exact) mass is 276 g/mol. The normalized spacial score (nSPS) is 16.9. The molecular weight excluding hydrogens is 246 g/mol. The number of aryl methyl sites for hydroxylation is 2. The molecule has 1 N–H and O–H groups in total. The molecule has 0 spiro atoms. The molecule has 0 bridgehead atoms. The van der Waals surface area contributed by atoms with E-state index in [0.29, 0.717) is 0 Å². The standard InChI is InChI=1S/C18H29NO/c1-16-9-10-18(15-17(16)2)20-14-8-7-13-19-11-5-3-4-6-12-19/h9-10,15H,3-8,11-14H2,1-2H3/p+1. The van der Waals surface area contributed by atoms with Crippen LogP contribution in [0.15, 0.2) is 18.2 Å². The molecule has 1 fully saturated rings. The van der Waals surface area contributed by atoms with Crippen LogP contribution >= 0.6 is 0 Å². The van der Waals surface area contributed by atoms with Gasteiger partial charge in [0.25, 0.3) is 0 Å². The number of nitrogens with one attached hydrogen (secondary N) is 1. The van der Waals surface area contributed by atoms with Crippen molar-refractivity contribution in [3.63, 3.8) is 0 Å². The molecule has 2 rings (SSSR count). The molecule has 0 aromatic heterocycles. The van der Waals surface area contributed by atoms with Crippen LogP contribution in [0.4, 0.5) is 0 Å². The lowest BCUT2D eigenvalue weighted by Gasteiger charge is -2.16. The zero-order valence-corrected chi connectivity index (χ0v) is 13.2. The van der Waals surface area contributed by atoms with Crippen LogP contribution in [-0.2, 0) is 0 Å². The smallest absolute Gasteiger partial charge is 0.119 e. The Kier molecular flexibility index (Phi) is 6.38. The number of hydrogen-bond acceptors (Lipinski definition) is 1. The fraction of sp³-hybridized carbons (Fsp3) is 0.667. The molecule has 112 valence electrons. The van der Waals surface area contributed by atoms with Gasteiger partial charge in [-0.3, -0.25) is 0 Å². The molecule has 2 nitrogen and oxygen atoms in total. The van der Waals surface area contributed by atoms with Gasteiger partial charge in [0.05, 0.1) is 26.2 Å². The van der Waals surface area contributed by atoms with Crippen LogP contribution in [0, 0.1) is 13.8 Å². The van der Waals surface area contributed by atoms with Crippen LogP contribution < -0.4 is 9.64 Å². The second kappa shape index (κ2) is 8.31. The average Bonchev–Trinajstić information content (AvgIpc) is 2.71. The third kappa shape index (κ3) is 5.16. The number of ether oxygens (including phenoxy) is 1. The minimum atomic E-state index is 0.857. The topological polar surface area (TPSA) is 13.7 Å². The largest absolute Gasteiger partial charge is 0.494 e. The quantitative estimate of drug-likeness (QED) is 0.789. The van der Waals surface area contributed by atoms with Crippen molar-refractivity contribution in [2.24, 2.45) is 0 Å². The van der Waals surface area contributed by atoms with Crippen LogP contribution in [0.2, 0.25) is 0 Å². The molecule has 0 radical (unpaired) electrons. The summed E-state index contributed by atoms with van der Waals surface area (Å²) in [6, 6.07) is 6.38. The molecule has 0 saturated carbocycles. The SMILES string of the molecule is Cc1ccc(OCCCC[NH+]2CCCCCC2)cc1C. The van der Waals surface area contributed by atoms with Crippen LogP contribution in [0.1, 0.15) is 49.7 Å². The van der Waals surface area contributed by atoms with Gasteiger partial charge in [0.1, 0.15) is 5.75 Å². The van der Waals surface area contributed by atoms with E-state index in [4.69, 9.17) is 4.74 Å². The average molecular weight is 276 g/mol. The first kappa shape index (κ1) is 15.4. The van der Waals surface area contributed by atoms with Crippen LogP contribution in [-0.4, -0.2) is 26.2 Å². The molecule has 0 aliphatic carbocycles. The van der Waals surface area contributed by atoms with Crippen LogP contribution in [0.5, 0.6) is 5.75 Å². The summed E-state index contributed by atoms with van der Waals surface area (Å²) in [4.78, 5) is 1.81. The highest BCUT2D eigenvalue weighted by molar-refractivity contribution is 5.33. The second-order valence-electron chi connectivity index (χ2n) is 6.22. The number of unbranched alkanes of at least 4 members (excludes halogenated alkanes) is 1. The fourth-order valence-corrected chi connectivity index (χ4v) is 2.95. The van der Waals surface area contributed by atoms with Gasteiger partial charge in [-0.25, -0.2) is 0 Å². The molecule has 2 heteroatoms. The van der Waals surface area contributed by atoms with E-state index >= 15 is 0 Å². The molecule has 20 heavy (non-hydrogen) atoms. The second-order valence-corrected chi connectivity index (χ2v) is 6.22.